The summed E-state index contributed by atoms with van der Waals surface area (Å²) in [6.07, 6.45) is 0. The van der Waals surface area contributed by atoms with Gasteiger partial charge in [-0.05, 0) is 56.2 Å². The SMILES string of the molecule is C=C(C)C.C=C(C)C(=O)Oc1ccc(-c2ccc(OC)cc2)cc1F.C=O. The lowest BCUT2D eigenvalue weighted by Crippen LogP contribution is -2.09. The smallest absolute Gasteiger partial charge is 0.338 e. The third kappa shape index (κ3) is 8.63. The highest BCUT2D eigenvalue weighted by Gasteiger charge is 2.11. The van der Waals surface area contributed by atoms with Crippen molar-refractivity contribution in [2.45, 2.75) is 20.8 Å². The summed E-state index contributed by atoms with van der Waals surface area (Å²) in [7, 11) is 1.58. The van der Waals surface area contributed by atoms with Crippen LogP contribution in [0.1, 0.15) is 20.8 Å². The van der Waals surface area contributed by atoms with Gasteiger partial charge in [-0.15, -0.1) is 6.58 Å². The van der Waals surface area contributed by atoms with Crippen molar-refractivity contribution in [3.63, 3.8) is 0 Å². The number of esters is 1. The number of methoxy groups -OCH3 is 1. The second kappa shape index (κ2) is 12.2. The fourth-order valence-electron chi connectivity index (χ4n) is 1.73. The van der Waals surface area contributed by atoms with Crippen molar-refractivity contribution in [1.82, 2.24) is 0 Å². The summed E-state index contributed by atoms with van der Waals surface area (Å²) < 4.78 is 23.9. The Balaban J connectivity index is 0.000000998. The van der Waals surface area contributed by atoms with Crippen LogP contribution in [0.25, 0.3) is 11.1 Å². The summed E-state index contributed by atoms with van der Waals surface area (Å²) in [4.78, 5) is 19.4. The number of halogens is 1. The van der Waals surface area contributed by atoms with E-state index >= 15 is 0 Å². The minimum Gasteiger partial charge on any atom is -0.497 e. The lowest BCUT2D eigenvalue weighted by Gasteiger charge is -2.08. The molecule has 0 unspecified atom stereocenters. The third-order valence-electron chi connectivity index (χ3n) is 2.91. The minimum atomic E-state index is -0.647. The molecule has 5 heteroatoms. The first kappa shape index (κ1) is 23.8. The molecule has 0 saturated carbocycles. The molecule has 0 atom stereocenters. The van der Waals surface area contributed by atoms with Gasteiger partial charge in [-0.2, -0.15) is 0 Å². The molecule has 0 bridgehead atoms. The van der Waals surface area contributed by atoms with Gasteiger partial charge in [0, 0.05) is 5.57 Å². The van der Waals surface area contributed by atoms with E-state index in [1.165, 1.54) is 24.6 Å². The molecule has 0 aliphatic heterocycles. The molecule has 0 saturated heterocycles. The number of ether oxygens (including phenoxy) is 2. The largest absolute Gasteiger partial charge is 0.497 e. The van der Waals surface area contributed by atoms with Crippen LogP contribution in [0.5, 0.6) is 11.5 Å². The van der Waals surface area contributed by atoms with Gasteiger partial charge in [-0.25, -0.2) is 9.18 Å². The Bertz CT molecular complexity index is 775. The maximum absolute atomic E-state index is 14.0. The Hall–Kier alpha value is -3.21. The van der Waals surface area contributed by atoms with Crippen molar-refractivity contribution < 1.29 is 23.5 Å². The van der Waals surface area contributed by atoms with Gasteiger partial charge in [-0.3, -0.25) is 0 Å². The van der Waals surface area contributed by atoms with Gasteiger partial charge >= 0.3 is 5.97 Å². The second-order valence-electron chi connectivity index (χ2n) is 5.75. The normalized spacial score (nSPS) is 8.93. The molecule has 0 aromatic heterocycles. The molecular weight excluding hydrogens is 347 g/mol. The standard InChI is InChI=1S/C17H15FO3.C4H8.CH2O/c1-11(2)17(19)21-16-9-6-13(10-15(16)18)12-4-7-14(20-3)8-5-12;1-4(2)3;1-2/h4-10H,1H2,2-3H3;1H2,2-3H3;1H2. The maximum Gasteiger partial charge on any atom is 0.338 e. The van der Waals surface area contributed by atoms with Crippen molar-refractivity contribution in [2.75, 3.05) is 7.11 Å². The number of rotatable bonds is 4. The number of carbonyl (C=O) groups excluding carboxylic acids is 2. The number of carbonyl (C=O) groups is 2. The van der Waals surface area contributed by atoms with Gasteiger partial charge in [0.1, 0.15) is 12.5 Å². The van der Waals surface area contributed by atoms with Gasteiger partial charge in [0.15, 0.2) is 11.6 Å². The van der Waals surface area contributed by atoms with Gasteiger partial charge in [0.2, 0.25) is 0 Å². The van der Waals surface area contributed by atoms with E-state index < -0.39 is 11.8 Å². The van der Waals surface area contributed by atoms with E-state index in [0.29, 0.717) is 5.56 Å². The molecule has 2 aromatic carbocycles. The predicted octanol–water partition coefficient (Wildman–Crippen LogP) is 5.38. The van der Waals surface area contributed by atoms with Crippen LogP contribution in [0.2, 0.25) is 0 Å². The van der Waals surface area contributed by atoms with Crippen LogP contribution >= 0.6 is 0 Å². The van der Waals surface area contributed by atoms with Crippen molar-refractivity contribution in [2.24, 2.45) is 0 Å². The van der Waals surface area contributed by atoms with Crippen LogP contribution < -0.4 is 9.47 Å². The molecule has 27 heavy (non-hydrogen) atoms. The first-order valence-corrected chi connectivity index (χ1v) is 7.97. The molecular formula is C22H25FO4. The summed E-state index contributed by atoms with van der Waals surface area (Å²) in [5.41, 5.74) is 2.91. The summed E-state index contributed by atoms with van der Waals surface area (Å²) >= 11 is 0. The zero-order chi connectivity index (χ0) is 21.0. The highest BCUT2D eigenvalue weighted by atomic mass is 19.1. The van der Waals surface area contributed by atoms with Crippen molar-refractivity contribution in [3.05, 3.63) is 72.6 Å². The zero-order valence-electron chi connectivity index (χ0n) is 16.2. The fraction of sp³-hybridized carbons (Fsp3) is 0.182. The fourth-order valence-corrected chi connectivity index (χ4v) is 1.73. The van der Waals surface area contributed by atoms with E-state index in [1.807, 2.05) is 32.8 Å². The average molecular weight is 372 g/mol. The molecule has 2 aromatic rings. The van der Waals surface area contributed by atoms with Crippen LogP contribution in [0.3, 0.4) is 0 Å². The topological polar surface area (TPSA) is 52.6 Å². The van der Waals surface area contributed by atoms with E-state index in [-0.39, 0.29) is 11.3 Å². The van der Waals surface area contributed by atoms with E-state index in [9.17, 15) is 9.18 Å². The van der Waals surface area contributed by atoms with E-state index in [0.717, 1.165) is 11.3 Å². The monoisotopic (exact) mass is 372 g/mol. The van der Waals surface area contributed by atoms with Crippen molar-refractivity contribution >= 4 is 12.8 Å². The van der Waals surface area contributed by atoms with Gasteiger partial charge in [0.05, 0.1) is 7.11 Å². The Morgan fingerprint density at radius 3 is 1.81 bits per heavy atom. The number of hydrogen-bond acceptors (Lipinski definition) is 4. The Labute approximate surface area is 159 Å². The molecule has 4 nitrogen and oxygen atoms in total. The Morgan fingerprint density at radius 2 is 1.41 bits per heavy atom. The summed E-state index contributed by atoms with van der Waals surface area (Å²) in [5, 5.41) is 0. The van der Waals surface area contributed by atoms with Crippen LogP contribution in [-0.2, 0) is 9.59 Å². The summed E-state index contributed by atoms with van der Waals surface area (Å²) in [6, 6.07) is 11.7. The summed E-state index contributed by atoms with van der Waals surface area (Å²) in [6.45, 7) is 14.5. The molecule has 144 valence electrons. The Morgan fingerprint density at radius 1 is 0.926 bits per heavy atom. The van der Waals surface area contributed by atoms with Crippen LogP contribution in [0.15, 0.2) is 66.8 Å². The molecule has 0 heterocycles. The molecule has 0 spiro atoms. The number of allylic oxidation sites excluding steroid dienone is 1. The first-order chi connectivity index (χ1) is 12.7. The van der Waals surface area contributed by atoms with E-state index in [4.69, 9.17) is 14.3 Å². The average Bonchev–Trinajstić information content (AvgIpc) is 2.64. The van der Waals surface area contributed by atoms with E-state index in [2.05, 4.69) is 13.2 Å². The van der Waals surface area contributed by atoms with Gasteiger partial charge in [-0.1, -0.05) is 30.4 Å². The molecule has 0 radical (unpaired) electrons. The second-order valence-corrected chi connectivity index (χ2v) is 5.75. The lowest BCUT2D eigenvalue weighted by molar-refractivity contribution is -0.130. The zero-order valence-corrected chi connectivity index (χ0v) is 16.2. The quantitative estimate of drug-likeness (QED) is 0.313. The summed E-state index contributed by atoms with van der Waals surface area (Å²) in [5.74, 6) is -0.629. The lowest BCUT2D eigenvalue weighted by atomic mass is 10.1. The van der Waals surface area contributed by atoms with Crippen molar-refractivity contribution in [1.29, 1.82) is 0 Å². The van der Waals surface area contributed by atoms with Gasteiger partial charge in [0.25, 0.3) is 0 Å². The highest BCUT2D eigenvalue weighted by Crippen LogP contribution is 2.27. The first-order valence-electron chi connectivity index (χ1n) is 7.97. The molecule has 0 aliphatic carbocycles. The van der Waals surface area contributed by atoms with Crippen LogP contribution in [0, 0.1) is 5.82 Å². The highest BCUT2D eigenvalue weighted by molar-refractivity contribution is 5.88. The maximum atomic E-state index is 14.0. The molecule has 0 N–H and O–H groups in total. The predicted molar refractivity (Wildman–Crippen MR) is 106 cm³/mol. The molecule has 0 amide bonds. The third-order valence-corrected chi connectivity index (χ3v) is 2.91. The van der Waals surface area contributed by atoms with Crippen molar-refractivity contribution in [3.8, 4) is 22.6 Å². The number of hydrogen-bond donors (Lipinski definition) is 0. The molecule has 0 fully saturated rings. The van der Waals surface area contributed by atoms with Gasteiger partial charge < -0.3 is 14.3 Å². The Kier molecular flexibility index (Phi) is 10.7. The van der Waals surface area contributed by atoms with Crippen LogP contribution in [0.4, 0.5) is 4.39 Å². The molecule has 2 rings (SSSR count). The molecule has 0 aliphatic rings. The minimum absolute atomic E-state index is 0.111. The number of benzene rings is 2. The van der Waals surface area contributed by atoms with Crippen LogP contribution in [-0.4, -0.2) is 19.9 Å². The van der Waals surface area contributed by atoms with E-state index in [1.54, 1.807) is 25.3 Å².